The number of anilines is 2. The van der Waals surface area contributed by atoms with Crippen molar-refractivity contribution in [2.45, 2.75) is 57.2 Å². The first-order valence-corrected chi connectivity index (χ1v) is 17.5. The van der Waals surface area contributed by atoms with Gasteiger partial charge in [-0.1, -0.05) is 0 Å². The van der Waals surface area contributed by atoms with Gasteiger partial charge in [0.2, 0.25) is 11.8 Å². The first-order chi connectivity index (χ1) is 25.0. The lowest BCUT2D eigenvalue weighted by atomic mass is 10.0. The predicted octanol–water partition coefficient (Wildman–Crippen LogP) is 2.41. The number of carbonyl (C=O) groups excluding carboxylic acids is 4. The molecule has 15 heteroatoms. The van der Waals surface area contributed by atoms with Crippen molar-refractivity contribution in [3.8, 4) is 11.5 Å². The third kappa shape index (κ3) is 7.32. The van der Waals surface area contributed by atoms with E-state index >= 15 is 0 Å². The first kappa shape index (κ1) is 35.0. The maximum atomic E-state index is 13.1. The Bertz CT molecular complexity index is 1930. The van der Waals surface area contributed by atoms with Gasteiger partial charge in [0, 0.05) is 56.0 Å². The van der Waals surface area contributed by atoms with E-state index in [2.05, 4.69) is 38.9 Å². The molecule has 0 spiro atoms. The largest absolute Gasteiger partial charge is 0.491 e. The Hall–Kier alpha value is -5.41. The van der Waals surface area contributed by atoms with Crippen molar-refractivity contribution >= 4 is 40.8 Å². The number of fused-ring (bicyclic) bond motifs is 1. The Balaban J connectivity index is 0.854. The Labute approximate surface area is 300 Å². The number of hydrogen-bond donors (Lipinski definition) is 3. The van der Waals surface area contributed by atoms with Gasteiger partial charge in [0.1, 0.15) is 41.9 Å². The molecule has 4 N–H and O–H groups in total. The number of imide groups is 2. The van der Waals surface area contributed by atoms with Crippen LogP contribution in [0.15, 0.2) is 48.8 Å². The number of piperidine rings is 1. The van der Waals surface area contributed by atoms with E-state index in [4.69, 9.17) is 25.4 Å². The molecule has 1 unspecified atom stereocenters. The summed E-state index contributed by atoms with van der Waals surface area (Å²) in [6.07, 6.45) is 3.68. The molecule has 3 fully saturated rings. The average Bonchev–Trinajstić information content (AvgIpc) is 3.81. The summed E-state index contributed by atoms with van der Waals surface area (Å²) in [5.74, 6) is -0.336. The summed E-state index contributed by atoms with van der Waals surface area (Å²) >= 11 is 0. The highest BCUT2D eigenvalue weighted by Gasteiger charge is 2.45. The van der Waals surface area contributed by atoms with E-state index in [-0.39, 0.29) is 47.9 Å². The molecular formula is C37H42N8O7. The van der Waals surface area contributed by atoms with Crippen molar-refractivity contribution in [2.75, 3.05) is 56.6 Å². The fourth-order valence-electron chi connectivity index (χ4n) is 6.75. The molecule has 15 nitrogen and oxygen atoms in total. The Kier molecular flexibility index (Phi) is 9.63. The number of aromatic nitrogens is 2. The third-order valence-electron chi connectivity index (χ3n) is 10.0. The van der Waals surface area contributed by atoms with E-state index in [1.165, 1.54) is 18.5 Å². The molecule has 0 bridgehead atoms. The summed E-state index contributed by atoms with van der Waals surface area (Å²) in [6.45, 7) is 8.35. The number of nitrogens with two attached hydrogens (primary N) is 1. The Morgan fingerprint density at radius 1 is 0.981 bits per heavy atom. The number of nitrogens with zero attached hydrogens (tertiary/aromatic N) is 5. The first-order valence-electron chi connectivity index (χ1n) is 17.5. The van der Waals surface area contributed by atoms with Gasteiger partial charge in [-0.3, -0.25) is 39.7 Å². The maximum absolute atomic E-state index is 13.1. The molecule has 3 aliphatic heterocycles. The number of carbonyl (C=O) groups is 4. The number of nitrogen functional groups attached to an aromatic ring is 1. The Morgan fingerprint density at radius 3 is 2.54 bits per heavy atom. The van der Waals surface area contributed by atoms with E-state index in [1.54, 1.807) is 12.1 Å². The molecule has 2 aromatic carbocycles. The molecule has 4 aliphatic rings. The Morgan fingerprint density at radius 2 is 1.77 bits per heavy atom. The van der Waals surface area contributed by atoms with Gasteiger partial charge < -0.3 is 24.8 Å². The minimum Gasteiger partial charge on any atom is -0.491 e. The van der Waals surface area contributed by atoms with Crippen molar-refractivity contribution in [1.29, 1.82) is 5.41 Å². The molecule has 4 heterocycles. The summed E-state index contributed by atoms with van der Waals surface area (Å²) in [4.78, 5) is 64.2. The van der Waals surface area contributed by atoms with Gasteiger partial charge in [-0.15, -0.1) is 0 Å². The van der Waals surface area contributed by atoms with E-state index in [0.29, 0.717) is 41.7 Å². The molecule has 272 valence electrons. The number of rotatable bonds is 13. The number of nitrogens with one attached hydrogen (secondary N) is 2. The van der Waals surface area contributed by atoms with Gasteiger partial charge in [-0.05, 0) is 69.5 Å². The lowest BCUT2D eigenvalue weighted by Gasteiger charge is -2.40. The molecule has 1 aliphatic carbocycles. The third-order valence-corrected chi connectivity index (χ3v) is 10.0. The number of hydrogen-bond acceptors (Lipinski definition) is 13. The maximum Gasteiger partial charge on any atom is 0.262 e. The fraction of sp³-hybridized carbons (Fsp3) is 0.432. The normalized spacial score (nSPS) is 21.2. The van der Waals surface area contributed by atoms with Crippen LogP contribution in [0.3, 0.4) is 0 Å². The molecule has 2 saturated heterocycles. The smallest absolute Gasteiger partial charge is 0.262 e. The number of amides is 4. The van der Waals surface area contributed by atoms with Crippen LogP contribution in [-0.2, 0) is 14.3 Å². The van der Waals surface area contributed by atoms with E-state index in [1.807, 2.05) is 18.2 Å². The average molecular weight is 711 g/mol. The van der Waals surface area contributed by atoms with Crippen LogP contribution in [-0.4, -0.2) is 113 Å². The van der Waals surface area contributed by atoms with E-state index in [9.17, 15) is 19.2 Å². The molecule has 52 heavy (non-hydrogen) atoms. The predicted molar refractivity (Wildman–Crippen MR) is 190 cm³/mol. The molecule has 2 atom stereocenters. The zero-order valence-electron chi connectivity index (χ0n) is 29.2. The van der Waals surface area contributed by atoms with E-state index in [0.717, 1.165) is 49.7 Å². The van der Waals surface area contributed by atoms with Gasteiger partial charge in [0.15, 0.2) is 0 Å². The SMILES string of the molecule is C[C@H]1CN(c2cc(C(=N)c3cc(OC4(C)CC4)ccc3N)ncn2)CCN1CCOCCOc1ccc2c(c1)C(=O)N(C1CCC(=O)NC1=O)C2=O. The monoisotopic (exact) mass is 710 g/mol. The van der Waals surface area contributed by atoms with Crippen LogP contribution in [0.2, 0.25) is 0 Å². The molecule has 7 rings (SSSR count). The van der Waals surface area contributed by atoms with Crippen LogP contribution >= 0.6 is 0 Å². The van der Waals surface area contributed by atoms with Gasteiger partial charge in [0.25, 0.3) is 11.8 Å². The van der Waals surface area contributed by atoms with Crippen LogP contribution in [0.25, 0.3) is 0 Å². The number of piperazine rings is 1. The molecule has 0 radical (unpaired) electrons. The van der Waals surface area contributed by atoms with Crippen LogP contribution in [0.1, 0.15) is 71.5 Å². The molecule has 3 aromatic rings. The van der Waals surface area contributed by atoms with Gasteiger partial charge in [-0.2, -0.15) is 0 Å². The molecular weight excluding hydrogens is 668 g/mol. The number of ether oxygens (including phenoxy) is 3. The van der Waals surface area contributed by atoms with Gasteiger partial charge >= 0.3 is 0 Å². The highest BCUT2D eigenvalue weighted by molar-refractivity contribution is 6.23. The second-order valence-corrected chi connectivity index (χ2v) is 13.9. The summed E-state index contributed by atoms with van der Waals surface area (Å²) in [7, 11) is 0. The van der Waals surface area contributed by atoms with Crippen molar-refractivity contribution < 1.29 is 33.4 Å². The quantitative estimate of drug-likeness (QED) is 0.102. The second kappa shape index (κ2) is 14.3. The minimum atomic E-state index is -1.01. The topological polar surface area (TPSA) is 193 Å². The minimum absolute atomic E-state index is 0.0630. The lowest BCUT2D eigenvalue weighted by Crippen LogP contribution is -2.54. The summed E-state index contributed by atoms with van der Waals surface area (Å²) in [6, 6.07) is 11.1. The van der Waals surface area contributed by atoms with Gasteiger partial charge in [-0.25, -0.2) is 9.97 Å². The second-order valence-electron chi connectivity index (χ2n) is 13.9. The molecule has 1 saturated carbocycles. The van der Waals surface area contributed by atoms with Crippen LogP contribution < -0.4 is 25.4 Å². The zero-order valence-corrected chi connectivity index (χ0v) is 29.2. The molecule has 4 amide bonds. The zero-order chi connectivity index (χ0) is 36.6. The van der Waals surface area contributed by atoms with Crippen LogP contribution in [0.5, 0.6) is 11.5 Å². The fourth-order valence-corrected chi connectivity index (χ4v) is 6.75. The van der Waals surface area contributed by atoms with Gasteiger partial charge in [0.05, 0.1) is 35.7 Å². The van der Waals surface area contributed by atoms with Crippen LogP contribution in [0, 0.1) is 5.41 Å². The van der Waals surface area contributed by atoms with Crippen molar-refractivity contribution in [1.82, 2.24) is 25.1 Å². The van der Waals surface area contributed by atoms with Crippen molar-refractivity contribution in [2.24, 2.45) is 0 Å². The van der Waals surface area contributed by atoms with Crippen molar-refractivity contribution in [3.63, 3.8) is 0 Å². The van der Waals surface area contributed by atoms with Crippen molar-refractivity contribution in [3.05, 3.63) is 71.2 Å². The molecule has 1 aromatic heterocycles. The van der Waals surface area contributed by atoms with E-state index < -0.39 is 29.7 Å². The summed E-state index contributed by atoms with van der Waals surface area (Å²) in [5, 5.41) is 11.1. The summed E-state index contributed by atoms with van der Waals surface area (Å²) in [5.41, 5.74) is 8.27. The highest BCUT2D eigenvalue weighted by Crippen LogP contribution is 2.40. The summed E-state index contributed by atoms with van der Waals surface area (Å²) < 4.78 is 17.8. The standard InChI is InChI=1S/C37H42N8O7/c1-22-20-44(31-19-29(40-21-41-31)33(39)27-18-24(4-6-28(27)38)52-37(2)9-10-37)12-11-43(22)13-14-50-15-16-51-23-3-5-25-26(17-23)36(49)45(35(25)48)30-7-8-32(46)42-34(30)47/h3-6,17-19,21-22,30,39H,7-16,20,38H2,1-2H3,(H,42,46,47)/t22-,30?/m0/s1. The van der Waals surface area contributed by atoms with Crippen LogP contribution in [0.4, 0.5) is 11.5 Å². The number of benzene rings is 2. The highest BCUT2D eigenvalue weighted by atomic mass is 16.5. The lowest BCUT2D eigenvalue weighted by molar-refractivity contribution is -0.136.